The van der Waals surface area contributed by atoms with E-state index in [9.17, 15) is 4.39 Å². The van der Waals surface area contributed by atoms with Crippen LogP contribution in [0.25, 0.3) is 0 Å². The Balaban J connectivity index is 2.48. The quantitative estimate of drug-likeness (QED) is 0.672. The van der Waals surface area contributed by atoms with Gasteiger partial charge >= 0.3 is 0 Å². The van der Waals surface area contributed by atoms with E-state index in [0.29, 0.717) is 6.61 Å². The average Bonchev–Trinajstić information content (AvgIpc) is 2.03. The van der Waals surface area contributed by atoms with Crippen molar-refractivity contribution >= 4 is 0 Å². The van der Waals surface area contributed by atoms with E-state index in [1.54, 1.807) is 12.1 Å². The molecule has 0 fully saturated rings. The Morgan fingerprint density at radius 1 is 1.25 bits per heavy atom. The van der Waals surface area contributed by atoms with Crippen molar-refractivity contribution in [3.8, 4) is 0 Å². The van der Waals surface area contributed by atoms with Crippen LogP contribution >= 0.6 is 0 Å². The lowest BCUT2D eigenvalue weighted by molar-refractivity contribution is 0.143. The summed E-state index contributed by atoms with van der Waals surface area (Å²) in [5.41, 5.74) is 0.984. The molecule has 0 spiro atoms. The van der Waals surface area contributed by atoms with Crippen molar-refractivity contribution in [2.45, 2.75) is 20.5 Å². The Kier molecular flexibility index (Phi) is 3.23. The number of halogens is 1. The second kappa shape index (κ2) is 4.21. The van der Waals surface area contributed by atoms with Crippen LogP contribution < -0.4 is 0 Å². The normalized spacial score (nSPS) is 10.7. The number of rotatable bonds is 3. The van der Waals surface area contributed by atoms with Crippen LogP contribution in [0, 0.1) is 11.9 Å². The fourth-order valence-electron chi connectivity index (χ4n) is 0.808. The van der Waals surface area contributed by atoms with E-state index in [4.69, 9.17) is 4.74 Å². The van der Waals surface area contributed by atoms with Crippen LogP contribution in [-0.2, 0) is 11.3 Å². The highest BCUT2D eigenvalue weighted by Gasteiger charge is 1.96. The molecule has 1 rings (SSSR count). The molecular formula is C10H12FO. The van der Waals surface area contributed by atoms with Gasteiger partial charge in [-0.3, -0.25) is 0 Å². The molecule has 0 unspecified atom stereocenters. The number of hydrogen-bond donors (Lipinski definition) is 0. The maximum absolute atomic E-state index is 12.4. The van der Waals surface area contributed by atoms with Crippen molar-refractivity contribution in [3.05, 3.63) is 41.8 Å². The summed E-state index contributed by atoms with van der Waals surface area (Å²) < 4.78 is 17.7. The fraction of sp³-hybridized carbons (Fsp3) is 0.300. The molecule has 0 heterocycles. The van der Waals surface area contributed by atoms with E-state index in [1.807, 2.05) is 13.8 Å². The Morgan fingerprint density at radius 3 is 2.33 bits per heavy atom. The molecule has 0 aliphatic rings. The Hall–Kier alpha value is -0.890. The molecule has 1 aromatic carbocycles. The molecule has 1 radical (unpaired) electrons. The predicted molar refractivity (Wildman–Crippen MR) is 45.8 cm³/mol. The third-order valence-corrected chi connectivity index (χ3v) is 1.44. The minimum absolute atomic E-state index is 0.212. The molecule has 0 aliphatic carbocycles. The van der Waals surface area contributed by atoms with Crippen LogP contribution in [0.1, 0.15) is 19.4 Å². The van der Waals surface area contributed by atoms with E-state index in [0.717, 1.165) is 11.7 Å². The monoisotopic (exact) mass is 167 g/mol. The number of hydrogen-bond acceptors (Lipinski definition) is 1. The lowest BCUT2D eigenvalue weighted by atomic mass is 10.2. The molecule has 12 heavy (non-hydrogen) atoms. The van der Waals surface area contributed by atoms with Crippen molar-refractivity contribution in [2.24, 2.45) is 0 Å². The van der Waals surface area contributed by atoms with Gasteiger partial charge < -0.3 is 4.74 Å². The largest absolute Gasteiger partial charge is 0.368 e. The highest BCUT2D eigenvalue weighted by molar-refractivity contribution is 5.15. The van der Waals surface area contributed by atoms with Gasteiger partial charge in [0.2, 0.25) is 0 Å². The van der Waals surface area contributed by atoms with Gasteiger partial charge in [-0.05, 0) is 31.5 Å². The maximum Gasteiger partial charge on any atom is 0.123 e. The summed E-state index contributed by atoms with van der Waals surface area (Å²) in [5.74, 6) is -0.212. The van der Waals surface area contributed by atoms with Gasteiger partial charge in [-0.15, -0.1) is 0 Å². The molecule has 0 bridgehead atoms. The Labute approximate surface area is 72.2 Å². The van der Waals surface area contributed by atoms with E-state index in [1.165, 1.54) is 12.1 Å². The van der Waals surface area contributed by atoms with Crippen molar-refractivity contribution in [2.75, 3.05) is 0 Å². The van der Waals surface area contributed by atoms with Gasteiger partial charge in [-0.2, -0.15) is 0 Å². The minimum atomic E-state index is -0.212. The lowest BCUT2D eigenvalue weighted by Gasteiger charge is -2.05. The molecule has 65 valence electrons. The molecule has 1 aromatic rings. The topological polar surface area (TPSA) is 9.23 Å². The van der Waals surface area contributed by atoms with Crippen LogP contribution in [0.4, 0.5) is 4.39 Å². The Morgan fingerprint density at radius 2 is 1.83 bits per heavy atom. The van der Waals surface area contributed by atoms with Gasteiger partial charge in [0.25, 0.3) is 0 Å². The fourth-order valence-corrected chi connectivity index (χ4v) is 0.808. The molecule has 2 heteroatoms. The molecule has 1 nitrogen and oxygen atoms in total. The molecule has 0 aromatic heterocycles. The number of ether oxygens (including phenoxy) is 1. The van der Waals surface area contributed by atoms with Crippen molar-refractivity contribution in [1.29, 1.82) is 0 Å². The van der Waals surface area contributed by atoms with Crippen LogP contribution in [0.5, 0.6) is 0 Å². The molecule has 0 aliphatic heterocycles. The van der Waals surface area contributed by atoms with Crippen molar-refractivity contribution in [1.82, 2.24) is 0 Å². The summed E-state index contributed by atoms with van der Waals surface area (Å²) in [4.78, 5) is 0. The maximum atomic E-state index is 12.4. The second-order valence-corrected chi connectivity index (χ2v) is 2.82. The van der Waals surface area contributed by atoms with Crippen LogP contribution in [0.2, 0.25) is 0 Å². The second-order valence-electron chi connectivity index (χ2n) is 2.82. The van der Waals surface area contributed by atoms with Crippen LogP contribution in [0.3, 0.4) is 0 Å². The SMILES string of the molecule is C[C](C)OCc1ccc(F)cc1. The summed E-state index contributed by atoms with van der Waals surface area (Å²) in [6.07, 6.45) is 0.916. The summed E-state index contributed by atoms with van der Waals surface area (Å²) >= 11 is 0. The van der Waals surface area contributed by atoms with Crippen molar-refractivity contribution in [3.63, 3.8) is 0 Å². The standard InChI is InChI=1S/C10H12FO/c1-8(2)12-7-9-3-5-10(11)6-4-9/h3-6H,7H2,1-2H3. The molecular weight excluding hydrogens is 155 g/mol. The van der Waals surface area contributed by atoms with Gasteiger partial charge in [0.15, 0.2) is 0 Å². The lowest BCUT2D eigenvalue weighted by Crippen LogP contribution is -1.94. The van der Waals surface area contributed by atoms with Crippen molar-refractivity contribution < 1.29 is 9.13 Å². The van der Waals surface area contributed by atoms with Crippen LogP contribution in [0.15, 0.2) is 24.3 Å². The molecule has 0 saturated carbocycles. The van der Waals surface area contributed by atoms with E-state index < -0.39 is 0 Å². The highest BCUT2D eigenvalue weighted by atomic mass is 19.1. The van der Waals surface area contributed by atoms with E-state index >= 15 is 0 Å². The zero-order valence-electron chi connectivity index (χ0n) is 7.30. The number of benzene rings is 1. The molecule has 0 saturated heterocycles. The van der Waals surface area contributed by atoms with Crippen LogP contribution in [-0.4, -0.2) is 0 Å². The van der Waals surface area contributed by atoms with Gasteiger partial charge in [0.05, 0.1) is 12.7 Å². The van der Waals surface area contributed by atoms with Gasteiger partial charge in [0.1, 0.15) is 5.82 Å². The molecule has 0 atom stereocenters. The van der Waals surface area contributed by atoms with Gasteiger partial charge in [-0.25, -0.2) is 4.39 Å². The molecule has 0 amide bonds. The third kappa shape index (κ3) is 3.01. The van der Waals surface area contributed by atoms with Gasteiger partial charge in [-0.1, -0.05) is 12.1 Å². The third-order valence-electron chi connectivity index (χ3n) is 1.44. The average molecular weight is 167 g/mol. The first-order valence-corrected chi connectivity index (χ1v) is 3.86. The van der Waals surface area contributed by atoms with E-state index in [-0.39, 0.29) is 5.82 Å². The summed E-state index contributed by atoms with van der Waals surface area (Å²) in [6, 6.07) is 6.31. The smallest absolute Gasteiger partial charge is 0.123 e. The first kappa shape index (κ1) is 9.20. The van der Waals surface area contributed by atoms with E-state index in [2.05, 4.69) is 0 Å². The van der Waals surface area contributed by atoms with Gasteiger partial charge in [0, 0.05) is 0 Å². The Bertz CT molecular complexity index is 228. The molecule has 0 N–H and O–H groups in total. The zero-order valence-corrected chi connectivity index (χ0v) is 7.30. The zero-order chi connectivity index (χ0) is 8.97. The summed E-state index contributed by atoms with van der Waals surface area (Å²) in [5, 5.41) is 0. The minimum Gasteiger partial charge on any atom is -0.368 e. The predicted octanol–water partition coefficient (Wildman–Crippen LogP) is 2.91. The summed E-state index contributed by atoms with van der Waals surface area (Å²) in [7, 11) is 0. The highest BCUT2D eigenvalue weighted by Crippen LogP contribution is 2.07. The summed E-state index contributed by atoms with van der Waals surface area (Å²) in [6.45, 7) is 4.30. The first-order valence-electron chi connectivity index (χ1n) is 3.86. The first-order chi connectivity index (χ1) is 5.68.